The number of sulfonamides is 1. The topological polar surface area (TPSA) is 66.5 Å². The largest absolute Gasteiger partial charge is 0.322 e. The van der Waals surface area contributed by atoms with Crippen LogP contribution in [0, 0.1) is 0 Å². The van der Waals surface area contributed by atoms with Crippen molar-refractivity contribution in [2.75, 3.05) is 16.2 Å². The standard InChI is InChI=1S/C22H18Cl2N2O3S/c23-18-7-3-8-19(24)21(18)22(27)25-16-10-12-17(13-11-16)30(28,29)26-14-4-6-15-5-1-2-9-20(15)26/h1-3,5,7-13H,4,6,14H2,(H,25,27). The molecule has 0 radical (unpaired) electrons. The quantitative estimate of drug-likeness (QED) is 0.567. The lowest BCUT2D eigenvalue weighted by Crippen LogP contribution is -2.35. The van der Waals surface area contributed by atoms with Gasteiger partial charge < -0.3 is 5.32 Å². The molecule has 1 aliphatic rings. The second-order valence-corrected chi connectivity index (χ2v) is 9.56. The minimum atomic E-state index is -3.71. The molecule has 1 N–H and O–H groups in total. The third-order valence-corrected chi connectivity index (χ3v) is 7.42. The van der Waals surface area contributed by atoms with Crippen molar-refractivity contribution in [1.82, 2.24) is 0 Å². The van der Waals surface area contributed by atoms with Crippen LogP contribution in [0.25, 0.3) is 0 Å². The molecule has 0 spiro atoms. The zero-order chi connectivity index (χ0) is 21.3. The van der Waals surface area contributed by atoms with Gasteiger partial charge >= 0.3 is 0 Å². The van der Waals surface area contributed by atoms with Crippen molar-refractivity contribution in [2.24, 2.45) is 0 Å². The summed E-state index contributed by atoms with van der Waals surface area (Å²) < 4.78 is 27.8. The van der Waals surface area contributed by atoms with E-state index >= 15 is 0 Å². The third-order valence-electron chi connectivity index (χ3n) is 4.96. The van der Waals surface area contributed by atoms with Crippen molar-refractivity contribution in [3.8, 4) is 0 Å². The molecule has 3 aromatic carbocycles. The Morgan fingerprint density at radius 3 is 2.27 bits per heavy atom. The number of benzene rings is 3. The minimum absolute atomic E-state index is 0.160. The van der Waals surface area contributed by atoms with Crippen molar-refractivity contribution in [1.29, 1.82) is 0 Å². The first kappa shape index (κ1) is 20.7. The number of carbonyl (C=O) groups excluding carboxylic acids is 1. The number of aryl methyl sites for hydroxylation is 1. The van der Waals surface area contributed by atoms with Gasteiger partial charge in [0.25, 0.3) is 15.9 Å². The number of hydrogen-bond acceptors (Lipinski definition) is 3. The van der Waals surface area contributed by atoms with Crippen molar-refractivity contribution in [2.45, 2.75) is 17.7 Å². The number of rotatable bonds is 4. The van der Waals surface area contributed by atoms with Crippen LogP contribution in [0.1, 0.15) is 22.3 Å². The Balaban J connectivity index is 1.57. The zero-order valence-electron chi connectivity index (χ0n) is 15.8. The molecule has 0 fully saturated rings. The minimum Gasteiger partial charge on any atom is -0.322 e. The van der Waals surface area contributed by atoms with E-state index in [9.17, 15) is 13.2 Å². The third kappa shape index (κ3) is 3.90. The molecule has 1 amide bonds. The monoisotopic (exact) mass is 460 g/mol. The summed E-state index contributed by atoms with van der Waals surface area (Å²) in [6, 6.07) is 18.4. The fourth-order valence-corrected chi connectivity index (χ4v) is 5.60. The fourth-order valence-electron chi connectivity index (χ4n) is 3.49. The number of carbonyl (C=O) groups is 1. The molecule has 1 aliphatic heterocycles. The van der Waals surface area contributed by atoms with Crippen molar-refractivity contribution < 1.29 is 13.2 Å². The molecule has 0 aromatic heterocycles. The number of halogens is 2. The second kappa shape index (κ2) is 8.30. The Morgan fingerprint density at radius 2 is 1.57 bits per heavy atom. The van der Waals surface area contributed by atoms with Gasteiger partial charge in [-0.15, -0.1) is 0 Å². The van der Waals surface area contributed by atoms with Gasteiger partial charge in [-0.05, 0) is 60.9 Å². The highest BCUT2D eigenvalue weighted by Gasteiger charge is 2.28. The van der Waals surface area contributed by atoms with Gasteiger partial charge in [-0.25, -0.2) is 8.42 Å². The van der Waals surface area contributed by atoms with Gasteiger partial charge in [0.15, 0.2) is 0 Å². The fraction of sp³-hybridized carbons (Fsp3) is 0.136. The van der Waals surface area contributed by atoms with Crippen molar-refractivity contribution >= 4 is 50.5 Å². The molecule has 0 unspecified atom stereocenters. The van der Waals surface area contributed by atoms with Gasteiger partial charge in [0, 0.05) is 12.2 Å². The molecule has 0 saturated heterocycles. The van der Waals surface area contributed by atoms with Crippen LogP contribution in [0.15, 0.2) is 71.6 Å². The molecule has 0 atom stereocenters. The lowest BCUT2D eigenvalue weighted by atomic mass is 10.0. The summed E-state index contributed by atoms with van der Waals surface area (Å²) in [6.45, 7) is 0.433. The van der Waals surface area contributed by atoms with Crippen molar-refractivity contribution in [3.05, 3.63) is 87.9 Å². The molecule has 154 valence electrons. The van der Waals surface area contributed by atoms with E-state index in [2.05, 4.69) is 5.32 Å². The van der Waals surface area contributed by atoms with Crippen LogP contribution in [0.4, 0.5) is 11.4 Å². The molecule has 1 heterocycles. The lowest BCUT2D eigenvalue weighted by Gasteiger charge is -2.30. The SMILES string of the molecule is O=C(Nc1ccc(S(=O)(=O)N2CCCc3ccccc32)cc1)c1c(Cl)cccc1Cl. The molecule has 5 nitrogen and oxygen atoms in total. The normalized spacial score (nSPS) is 13.6. The van der Waals surface area contributed by atoms with E-state index in [0.29, 0.717) is 12.2 Å². The first-order valence-corrected chi connectivity index (χ1v) is 11.5. The van der Waals surface area contributed by atoms with Crippen LogP contribution in [0.5, 0.6) is 0 Å². The maximum absolute atomic E-state index is 13.2. The summed E-state index contributed by atoms with van der Waals surface area (Å²) in [5.74, 6) is -0.467. The number of nitrogens with one attached hydrogen (secondary N) is 1. The van der Waals surface area contributed by atoms with Gasteiger partial charge in [0.2, 0.25) is 0 Å². The van der Waals surface area contributed by atoms with Crippen molar-refractivity contribution in [3.63, 3.8) is 0 Å². The summed E-state index contributed by atoms with van der Waals surface area (Å²) in [4.78, 5) is 12.7. The first-order chi connectivity index (χ1) is 14.4. The van der Waals surface area contributed by atoms with Crippen LogP contribution >= 0.6 is 23.2 Å². The molecule has 0 bridgehead atoms. The van der Waals surface area contributed by atoms with E-state index in [1.54, 1.807) is 30.3 Å². The van der Waals surface area contributed by atoms with Crippen LogP contribution in [-0.2, 0) is 16.4 Å². The van der Waals surface area contributed by atoms with E-state index < -0.39 is 15.9 Å². The number of amides is 1. The highest BCUT2D eigenvalue weighted by atomic mass is 35.5. The number of para-hydroxylation sites is 1. The predicted molar refractivity (Wildman–Crippen MR) is 120 cm³/mol. The van der Waals surface area contributed by atoms with Gasteiger partial charge in [0.1, 0.15) is 0 Å². The summed E-state index contributed by atoms with van der Waals surface area (Å²) in [5, 5.41) is 3.18. The van der Waals surface area contributed by atoms with E-state index in [1.165, 1.54) is 16.4 Å². The average Bonchev–Trinajstić information content (AvgIpc) is 2.73. The van der Waals surface area contributed by atoms with Gasteiger partial charge in [-0.3, -0.25) is 9.10 Å². The van der Waals surface area contributed by atoms with Crippen LogP contribution in [0.3, 0.4) is 0 Å². The summed E-state index contributed by atoms with van der Waals surface area (Å²) in [5.41, 5.74) is 2.35. The number of anilines is 2. The second-order valence-electron chi connectivity index (χ2n) is 6.88. The molecule has 30 heavy (non-hydrogen) atoms. The Morgan fingerprint density at radius 1 is 0.900 bits per heavy atom. The highest BCUT2D eigenvalue weighted by Crippen LogP contribution is 2.32. The average molecular weight is 461 g/mol. The van der Waals surface area contributed by atoms with Crippen LogP contribution in [-0.4, -0.2) is 20.9 Å². The zero-order valence-corrected chi connectivity index (χ0v) is 18.1. The van der Waals surface area contributed by atoms with Crippen LogP contribution in [0.2, 0.25) is 10.0 Å². The number of hydrogen-bond donors (Lipinski definition) is 1. The summed E-state index contributed by atoms with van der Waals surface area (Å²) in [7, 11) is -3.71. The molecular formula is C22H18Cl2N2O3S. The lowest BCUT2D eigenvalue weighted by molar-refractivity contribution is 0.102. The summed E-state index contributed by atoms with van der Waals surface area (Å²) in [6.07, 6.45) is 1.63. The smallest absolute Gasteiger partial charge is 0.264 e. The Labute approximate surface area is 185 Å². The van der Waals surface area contributed by atoms with Gasteiger partial charge in [-0.2, -0.15) is 0 Å². The van der Waals surface area contributed by atoms with E-state index in [4.69, 9.17) is 23.2 Å². The first-order valence-electron chi connectivity index (χ1n) is 9.34. The Bertz CT molecular complexity index is 1190. The maximum atomic E-state index is 13.2. The van der Waals surface area contributed by atoms with Gasteiger partial charge in [0.05, 0.1) is 26.2 Å². The maximum Gasteiger partial charge on any atom is 0.264 e. The Hall–Kier alpha value is -2.54. The Kier molecular flexibility index (Phi) is 5.73. The summed E-state index contributed by atoms with van der Waals surface area (Å²) >= 11 is 12.1. The predicted octanol–water partition coefficient (Wildman–Crippen LogP) is 5.39. The molecule has 0 aliphatic carbocycles. The molecule has 0 saturated carbocycles. The molecular weight excluding hydrogens is 443 g/mol. The molecule has 3 aromatic rings. The van der Waals surface area contributed by atoms with E-state index in [1.807, 2.05) is 24.3 Å². The van der Waals surface area contributed by atoms with Gasteiger partial charge in [-0.1, -0.05) is 47.5 Å². The number of nitrogens with zero attached hydrogens (tertiary/aromatic N) is 1. The highest BCUT2D eigenvalue weighted by molar-refractivity contribution is 7.92. The molecule has 8 heteroatoms. The van der Waals surface area contributed by atoms with E-state index in [-0.39, 0.29) is 20.5 Å². The molecule has 4 rings (SSSR count). The van der Waals surface area contributed by atoms with E-state index in [0.717, 1.165) is 24.1 Å². The number of fused-ring (bicyclic) bond motifs is 1. The van der Waals surface area contributed by atoms with Crippen LogP contribution < -0.4 is 9.62 Å².